The smallest absolute Gasteiger partial charge is 0.389 e. The van der Waals surface area contributed by atoms with Crippen molar-refractivity contribution in [3.63, 3.8) is 0 Å². The Hall–Kier alpha value is -1.30. The zero-order valence-electron chi connectivity index (χ0n) is 10.8. The van der Waals surface area contributed by atoms with Gasteiger partial charge in [-0.05, 0) is 31.5 Å². The molecule has 0 aromatic heterocycles. The summed E-state index contributed by atoms with van der Waals surface area (Å²) in [7, 11) is 0. The summed E-state index contributed by atoms with van der Waals surface area (Å²) in [5.74, 6) is 0. The van der Waals surface area contributed by atoms with Gasteiger partial charge in [-0.15, -0.1) is 0 Å². The summed E-state index contributed by atoms with van der Waals surface area (Å²) < 4.78 is 38.4. The molecule has 0 fully saturated rings. The summed E-state index contributed by atoms with van der Waals surface area (Å²) in [6.07, 6.45) is -2.52. The van der Waals surface area contributed by atoms with Gasteiger partial charge in [0.15, 0.2) is 0 Å². The summed E-state index contributed by atoms with van der Waals surface area (Å²) in [4.78, 5) is -0.251. The Morgan fingerprint density at radius 3 is 2.53 bits per heavy atom. The molecule has 1 unspecified atom stereocenters. The van der Waals surface area contributed by atoms with Gasteiger partial charge in [-0.25, -0.2) is 0 Å². The van der Waals surface area contributed by atoms with Crippen LogP contribution in [-0.4, -0.2) is 11.0 Å². The normalized spacial score (nSPS) is 13.1. The third kappa shape index (κ3) is 4.38. The van der Waals surface area contributed by atoms with E-state index in [9.17, 15) is 13.2 Å². The monoisotopic (exact) mass is 290 g/mol. The Bertz CT molecular complexity index is 458. The van der Waals surface area contributed by atoms with Gasteiger partial charge in [0.2, 0.25) is 0 Å². The maximum atomic E-state index is 12.8. The van der Waals surface area contributed by atoms with Crippen LogP contribution in [0.5, 0.6) is 0 Å². The van der Waals surface area contributed by atoms with E-state index in [4.69, 9.17) is 18.0 Å². The van der Waals surface area contributed by atoms with Crippen molar-refractivity contribution in [3.05, 3.63) is 29.3 Å². The van der Waals surface area contributed by atoms with Crippen molar-refractivity contribution in [2.24, 2.45) is 5.73 Å². The van der Waals surface area contributed by atoms with E-state index < -0.39 is 11.7 Å². The van der Waals surface area contributed by atoms with Crippen molar-refractivity contribution in [2.75, 3.05) is 5.32 Å². The average Bonchev–Trinajstić information content (AvgIpc) is 2.27. The van der Waals surface area contributed by atoms with E-state index >= 15 is 0 Å². The fraction of sp³-hybridized carbons (Fsp3) is 0.462. The third-order valence-corrected chi connectivity index (χ3v) is 2.95. The number of hydrogen-bond donors (Lipinski definition) is 2. The van der Waals surface area contributed by atoms with Crippen molar-refractivity contribution < 1.29 is 13.2 Å². The lowest BCUT2D eigenvalue weighted by atomic mass is 10.1. The Labute approximate surface area is 116 Å². The first kappa shape index (κ1) is 15.8. The summed E-state index contributed by atoms with van der Waals surface area (Å²) in [6.45, 7) is 4.02. The van der Waals surface area contributed by atoms with Crippen molar-refractivity contribution in [2.45, 2.75) is 38.9 Å². The van der Waals surface area contributed by atoms with Crippen LogP contribution in [0.3, 0.4) is 0 Å². The van der Waals surface area contributed by atoms with Crippen molar-refractivity contribution in [3.8, 4) is 0 Å². The second kappa shape index (κ2) is 6.23. The maximum absolute atomic E-state index is 12.8. The first-order chi connectivity index (χ1) is 8.75. The van der Waals surface area contributed by atoms with Crippen molar-refractivity contribution in [1.82, 2.24) is 0 Å². The van der Waals surface area contributed by atoms with E-state index in [1.165, 1.54) is 12.1 Å². The first-order valence-electron chi connectivity index (χ1n) is 6.03. The molecular weight excluding hydrogens is 273 g/mol. The first-order valence-corrected chi connectivity index (χ1v) is 6.44. The molecule has 6 heteroatoms. The van der Waals surface area contributed by atoms with E-state index in [0.29, 0.717) is 5.69 Å². The van der Waals surface area contributed by atoms with Gasteiger partial charge in [-0.2, -0.15) is 13.2 Å². The molecule has 1 aromatic rings. The second-order valence-corrected chi connectivity index (χ2v) is 4.90. The van der Waals surface area contributed by atoms with Crippen LogP contribution in [0.1, 0.15) is 37.8 Å². The molecule has 0 bridgehead atoms. The fourth-order valence-corrected chi connectivity index (χ4v) is 2.04. The van der Waals surface area contributed by atoms with Crippen LogP contribution in [-0.2, 0) is 6.18 Å². The molecule has 1 atom stereocenters. The predicted molar refractivity (Wildman–Crippen MR) is 75.3 cm³/mol. The molecule has 0 spiro atoms. The van der Waals surface area contributed by atoms with Gasteiger partial charge in [-0.3, -0.25) is 0 Å². The highest BCUT2D eigenvalue weighted by Gasteiger charge is 2.34. The highest BCUT2D eigenvalue weighted by molar-refractivity contribution is 7.80. The number of nitrogens with one attached hydrogen (secondary N) is 1. The average molecular weight is 290 g/mol. The number of rotatable bonds is 5. The molecule has 0 aliphatic carbocycles. The third-order valence-electron chi connectivity index (χ3n) is 2.73. The summed E-state index contributed by atoms with van der Waals surface area (Å²) in [6, 6.07) is 3.95. The highest BCUT2D eigenvalue weighted by atomic mass is 32.1. The van der Waals surface area contributed by atoms with Crippen LogP contribution in [0.2, 0.25) is 0 Å². The van der Waals surface area contributed by atoms with E-state index in [0.717, 1.165) is 18.9 Å². The molecule has 106 valence electrons. The van der Waals surface area contributed by atoms with Crippen LogP contribution >= 0.6 is 12.2 Å². The minimum Gasteiger partial charge on any atom is -0.389 e. The molecule has 0 saturated heterocycles. The summed E-state index contributed by atoms with van der Waals surface area (Å²) in [5.41, 5.74) is 5.03. The molecule has 1 rings (SSSR count). The molecule has 0 heterocycles. The van der Waals surface area contributed by atoms with Gasteiger partial charge >= 0.3 is 6.18 Å². The van der Waals surface area contributed by atoms with Crippen molar-refractivity contribution >= 4 is 22.9 Å². The lowest BCUT2D eigenvalue weighted by molar-refractivity contribution is -0.137. The number of anilines is 1. The number of nitrogens with two attached hydrogens (primary N) is 1. The molecule has 0 saturated carbocycles. The lowest BCUT2D eigenvalue weighted by Crippen LogP contribution is -2.20. The van der Waals surface area contributed by atoms with Gasteiger partial charge in [0.1, 0.15) is 4.99 Å². The fourth-order valence-electron chi connectivity index (χ4n) is 1.87. The zero-order chi connectivity index (χ0) is 14.6. The zero-order valence-corrected chi connectivity index (χ0v) is 11.7. The van der Waals surface area contributed by atoms with Gasteiger partial charge in [0, 0.05) is 17.3 Å². The summed E-state index contributed by atoms with van der Waals surface area (Å²) in [5, 5.41) is 3.13. The lowest BCUT2D eigenvalue weighted by Gasteiger charge is -2.17. The molecule has 19 heavy (non-hydrogen) atoms. The van der Waals surface area contributed by atoms with Crippen molar-refractivity contribution in [1.29, 1.82) is 0 Å². The number of halogens is 3. The standard InChI is InChI=1S/C13H17F3N2S/c1-3-4-8(2)18-9-5-6-11(13(14,15)16)10(7-9)12(17)19/h5-8,18H,3-4H2,1-2H3,(H2,17,19). The number of hydrogen-bond acceptors (Lipinski definition) is 2. The molecule has 0 radical (unpaired) electrons. The Morgan fingerprint density at radius 1 is 1.42 bits per heavy atom. The van der Waals surface area contributed by atoms with E-state index in [-0.39, 0.29) is 16.6 Å². The van der Waals surface area contributed by atoms with Gasteiger partial charge in [-0.1, -0.05) is 25.6 Å². The Kier molecular flexibility index (Phi) is 5.17. The maximum Gasteiger partial charge on any atom is 0.417 e. The molecule has 0 amide bonds. The molecule has 3 N–H and O–H groups in total. The molecule has 2 nitrogen and oxygen atoms in total. The molecular formula is C13H17F3N2S. The topological polar surface area (TPSA) is 38.0 Å². The largest absolute Gasteiger partial charge is 0.417 e. The van der Waals surface area contributed by atoms with Gasteiger partial charge in [0.05, 0.1) is 5.56 Å². The predicted octanol–water partition coefficient (Wildman–Crippen LogP) is 3.94. The van der Waals surface area contributed by atoms with Crippen LogP contribution < -0.4 is 11.1 Å². The minimum absolute atomic E-state index is 0.142. The number of thiocarbonyl (C=S) groups is 1. The SMILES string of the molecule is CCCC(C)Nc1ccc(C(F)(F)F)c(C(N)=S)c1. The minimum atomic E-state index is -4.45. The summed E-state index contributed by atoms with van der Waals surface area (Å²) >= 11 is 4.69. The van der Waals surface area contributed by atoms with Gasteiger partial charge < -0.3 is 11.1 Å². The molecule has 1 aromatic carbocycles. The van der Waals surface area contributed by atoms with Crippen LogP contribution in [0.25, 0.3) is 0 Å². The Balaban J connectivity index is 3.07. The molecule has 0 aliphatic heterocycles. The van der Waals surface area contributed by atoms with Crippen LogP contribution in [0.4, 0.5) is 18.9 Å². The van der Waals surface area contributed by atoms with E-state index in [2.05, 4.69) is 5.32 Å². The quantitative estimate of drug-likeness (QED) is 0.807. The highest BCUT2D eigenvalue weighted by Crippen LogP contribution is 2.33. The van der Waals surface area contributed by atoms with Crippen LogP contribution in [0.15, 0.2) is 18.2 Å². The van der Waals surface area contributed by atoms with Gasteiger partial charge in [0.25, 0.3) is 0 Å². The van der Waals surface area contributed by atoms with Crippen LogP contribution in [0, 0.1) is 0 Å². The van der Waals surface area contributed by atoms with E-state index in [1.807, 2.05) is 13.8 Å². The second-order valence-electron chi connectivity index (χ2n) is 4.46. The number of alkyl halides is 3. The van der Waals surface area contributed by atoms with E-state index in [1.54, 1.807) is 0 Å². The molecule has 0 aliphatic rings. The Morgan fingerprint density at radius 2 is 2.05 bits per heavy atom. The number of benzene rings is 1.